The van der Waals surface area contributed by atoms with Crippen molar-refractivity contribution in [3.05, 3.63) is 113 Å². The van der Waals surface area contributed by atoms with Gasteiger partial charge in [-0.2, -0.15) is 4.72 Å². The molecule has 48 heavy (non-hydrogen) atoms. The molecule has 0 aromatic heterocycles. The summed E-state index contributed by atoms with van der Waals surface area (Å²) in [7, 11) is -2.93. The fourth-order valence-corrected chi connectivity index (χ4v) is 6.17. The number of nitrogens with zero attached hydrogens (tertiary/aromatic N) is 1. The molecule has 0 aliphatic carbocycles. The number of nitrogens with one attached hydrogen (secondary N) is 3. The maximum atomic E-state index is 13.9. The number of carbonyl (C=O) groups excluding carboxylic acids is 5. The van der Waals surface area contributed by atoms with Crippen molar-refractivity contribution in [2.45, 2.75) is 56.3 Å². The Bertz CT molecular complexity index is 1800. The van der Waals surface area contributed by atoms with E-state index in [1.165, 1.54) is 39.2 Å². The number of aryl methyl sites for hydroxylation is 1. The van der Waals surface area contributed by atoms with Gasteiger partial charge < -0.3 is 20.1 Å². The molecule has 14 heteroatoms. The van der Waals surface area contributed by atoms with Gasteiger partial charge in [-0.3, -0.25) is 14.4 Å². The van der Waals surface area contributed by atoms with Crippen LogP contribution < -0.4 is 15.4 Å². The number of allylic oxidation sites excluding steroid dienone is 1. The van der Waals surface area contributed by atoms with Crippen LogP contribution in [0.4, 0.5) is 4.79 Å². The van der Waals surface area contributed by atoms with Gasteiger partial charge in [-0.1, -0.05) is 84.4 Å². The molecule has 1 fully saturated rings. The summed E-state index contributed by atoms with van der Waals surface area (Å²) in [5.41, 5.74) is 1.53. The summed E-state index contributed by atoms with van der Waals surface area (Å²) in [6, 6.07) is 18.9. The van der Waals surface area contributed by atoms with Gasteiger partial charge in [-0.15, -0.1) is 0 Å². The van der Waals surface area contributed by atoms with E-state index in [9.17, 15) is 32.4 Å². The van der Waals surface area contributed by atoms with Crippen LogP contribution in [0, 0.1) is 6.92 Å². The van der Waals surface area contributed by atoms with Crippen molar-refractivity contribution < 1.29 is 41.9 Å². The SMILES string of the molecule is C/C=C(\NC(=O)[C@H](C)NS(=O)(=O)c1ccc(C)cc1)C(=O)N1C(=O)O[C@@H](c2ccccc2)[C@@H]1C(=O)N[C@@H](Cc1ccccc1)C(=O)OC. The minimum Gasteiger partial charge on any atom is -0.467 e. The molecule has 0 radical (unpaired) electrons. The predicted molar refractivity (Wildman–Crippen MR) is 173 cm³/mol. The fourth-order valence-electron chi connectivity index (χ4n) is 4.97. The minimum atomic E-state index is -4.10. The van der Waals surface area contributed by atoms with Gasteiger partial charge in [0.25, 0.3) is 5.91 Å². The number of esters is 1. The summed E-state index contributed by atoms with van der Waals surface area (Å²) in [5, 5.41) is 4.95. The van der Waals surface area contributed by atoms with Gasteiger partial charge in [0.1, 0.15) is 11.7 Å². The number of hydrogen-bond donors (Lipinski definition) is 3. The number of cyclic esters (lactones) is 1. The molecule has 4 rings (SSSR count). The van der Waals surface area contributed by atoms with Crippen LogP contribution in [0.3, 0.4) is 0 Å². The summed E-state index contributed by atoms with van der Waals surface area (Å²) in [6.07, 6.45) is -1.19. The van der Waals surface area contributed by atoms with Crippen molar-refractivity contribution in [1.29, 1.82) is 0 Å². The van der Waals surface area contributed by atoms with E-state index in [1.807, 2.05) is 0 Å². The van der Waals surface area contributed by atoms with E-state index in [0.717, 1.165) is 5.56 Å². The third-order valence-electron chi connectivity index (χ3n) is 7.52. The molecule has 3 aromatic rings. The first-order valence-electron chi connectivity index (χ1n) is 14.9. The molecule has 252 valence electrons. The van der Waals surface area contributed by atoms with Crippen LogP contribution >= 0.6 is 0 Å². The zero-order valence-electron chi connectivity index (χ0n) is 26.7. The lowest BCUT2D eigenvalue weighted by Gasteiger charge is -2.26. The minimum absolute atomic E-state index is 0.0529. The summed E-state index contributed by atoms with van der Waals surface area (Å²) in [6.45, 7) is 4.49. The van der Waals surface area contributed by atoms with Crippen molar-refractivity contribution in [3.63, 3.8) is 0 Å². The second-order valence-corrected chi connectivity index (χ2v) is 12.7. The number of rotatable bonds is 12. The third-order valence-corrected chi connectivity index (χ3v) is 9.08. The van der Waals surface area contributed by atoms with Gasteiger partial charge in [0.2, 0.25) is 21.8 Å². The largest absolute Gasteiger partial charge is 0.467 e. The average Bonchev–Trinajstić information content (AvgIpc) is 3.43. The van der Waals surface area contributed by atoms with E-state index >= 15 is 0 Å². The highest BCUT2D eigenvalue weighted by Gasteiger charge is 2.51. The summed E-state index contributed by atoms with van der Waals surface area (Å²) >= 11 is 0. The zero-order chi connectivity index (χ0) is 35.0. The molecular weight excluding hydrogens is 640 g/mol. The Morgan fingerprint density at radius 2 is 1.56 bits per heavy atom. The topological polar surface area (TPSA) is 177 Å². The number of amides is 4. The van der Waals surface area contributed by atoms with E-state index < -0.39 is 69.7 Å². The Balaban J connectivity index is 1.58. The number of hydrogen-bond acceptors (Lipinski definition) is 9. The van der Waals surface area contributed by atoms with Gasteiger partial charge in [-0.05, 0) is 44.0 Å². The van der Waals surface area contributed by atoms with Gasteiger partial charge in [0.05, 0.1) is 18.0 Å². The van der Waals surface area contributed by atoms with Crippen LogP contribution in [0.5, 0.6) is 0 Å². The van der Waals surface area contributed by atoms with Crippen molar-refractivity contribution in [2.24, 2.45) is 0 Å². The third kappa shape index (κ3) is 8.32. The Hall–Kier alpha value is -5.34. The quantitative estimate of drug-likeness (QED) is 0.192. The highest BCUT2D eigenvalue weighted by Crippen LogP contribution is 2.34. The Morgan fingerprint density at radius 1 is 0.958 bits per heavy atom. The first-order chi connectivity index (χ1) is 22.9. The first kappa shape index (κ1) is 35.5. The molecule has 0 unspecified atom stereocenters. The van der Waals surface area contributed by atoms with E-state index in [1.54, 1.807) is 79.7 Å². The van der Waals surface area contributed by atoms with E-state index in [2.05, 4.69) is 15.4 Å². The Labute approximate surface area is 278 Å². The van der Waals surface area contributed by atoms with Gasteiger partial charge in [-0.25, -0.2) is 22.9 Å². The lowest BCUT2D eigenvalue weighted by molar-refractivity contribution is -0.146. The molecule has 1 saturated heterocycles. The number of imide groups is 1. The van der Waals surface area contributed by atoms with Gasteiger partial charge in [0.15, 0.2) is 12.1 Å². The molecule has 0 bridgehead atoms. The zero-order valence-corrected chi connectivity index (χ0v) is 27.5. The van der Waals surface area contributed by atoms with Crippen LogP contribution in [0.1, 0.15) is 36.6 Å². The van der Waals surface area contributed by atoms with Crippen LogP contribution in [0.15, 0.2) is 102 Å². The van der Waals surface area contributed by atoms with E-state index in [4.69, 9.17) is 9.47 Å². The first-order valence-corrected chi connectivity index (χ1v) is 16.4. The van der Waals surface area contributed by atoms with Crippen LogP contribution in [-0.2, 0) is 45.1 Å². The van der Waals surface area contributed by atoms with E-state index in [0.29, 0.717) is 16.0 Å². The molecule has 13 nitrogen and oxygen atoms in total. The molecule has 3 N–H and O–H groups in total. The number of sulfonamides is 1. The standard InChI is InChI=1S/C34H36N4O9S/c1-5-26(35-30(39)22(3)37-48(44,45)25-18-16-21(2)17-19-25)32(41)38-28(29(47-34(38)43)24-14-10-7-11-15-24)31(40)36-27(33(42)46-4)20-23-12-8-6-9-13-23/h5-19,22,27-29,37H,20H2,1-4H3,(H,35,39)(H,36,40)/b26-5-/t22-,27-,28+,29-/m0/s1. The van der Waals surface area contributed by atoms with Crippen LogP contribution in [-0.4, -0.2) is 68.3 Å². The monoisotopic (exact) mass is 676 g/mol. The molecular formula is C34H36N4O9S. The normalized spacial score (nSPS) is 17.5. The molecule has 3 aromatic carbocycles. The second-order valence-electron chi connectivity index (χ2n) is 11.0. The number of methoxy groups -OCH3 is 1. The second kappa shape index (κ2) is 15.5. The van der Waals surface area contributed by atoms with E-state index in [-0.39, 0.29) is 11.3 Å². The molecule has 1 heterocycles. The van der Waals surface area contributed by atoms with Gasteiger partial charge >= 0.3 is 12.1 Å². The lowest BCUT2D eigenvalue weighted by Crippen LogP contribution is -2.55. The number of carbonyl (C=O) groups is 5. The smallest absolute Gasteiger partial charge is 0.418 e. The Kier molecular flexibility index (Phi) is 11.5. The highest BCUT2D eigenvalue weighted by molar-refractivity contribution is 7.89. The predicted octanol–water partition coefficient (Wildman–Crippen LogP) is 2.67. The maximum Gasteiger partial charge on any atom is 0.418 e. The molecule has 0 spiro atoms. The van der Waals surface area contributed by atoms with Crippen molar-refractivity contribution >= 4 is 39.8 Å². The molecule has 4 atom stereocenters. The summed E-state index contributed by atoms with van der Waals surface area (Å²) < 4.78 is 38.4. The summed E-state index contributed by atoms with van der Waals surface area (Å²) in [5.74, 6) is -3.65. The average molecular weight is 677 g/mol. The van der Waals surface area contributed by atoms with Gasteiger partial charge in [0, 0.05) is 6.42 Å². The van der Waals surface area contributed by atoms with Crippen molar-refractivity contribution in [1.82, 2.24) is 20.3 Å². The molecule has 1 aliphatic heterocycles. The molecule has 0 saturated carbocycles. The van der Waals surface area contributed by atoms with Crippen LogP contribution in [0.2, 0.25) is 0 Å². The number of ether oxygens (including phenoxy) is 2. The molecule has 1 aliphatic rings. The van der Waals surface area contributed by atoms with Crippen LogP contribution in [0.25, 0.3) is 0 Å². The highest BCUT2D eigenvalue weighted by atomic mass is 32.2. The number of benzene rings is 3. The lowest BCUT2D eigenvalue weighted by atomic mass is 9.99. The van der Waals surface area contributed by atoms with Crippen molar-refractivity contribution in [3.8, 4) is 0 Å². The summed E-state index contributed by atoms with van der Waals surface area (Å²) in [4.78, 5) is 67.4. The maximum absolute atomic E-state index is 13.9. The molecule has 4 amide bonds. The Morgan fingerprint density at radius 3 is 2.15 bits per heavy atom. The fraction of sp³-hybridized carbons (Fsp3) is 0.265. The van der Waals surface area contributed by atoms with Crippen molar-refractivity contribution in [2.75, 3.05) is 7.11 Å².